The normalized spacial score (nSPS) is 10.7. The minimum absolute atomic E-state index is 0.0381. The lowest BCUT2D eigenvalue weighted by Crippen LogP contribution is -2.04. The second kappa shape index (κ2) is 2.76. The molecule has 0 fully saturated rings. The van der Waals surface area contributed by atoms with Gasteiger partial charge in [0.1, 0.15) is 11.4 Å². The summed E-state index contributed by atoms with van der Waals surface area (Å²) in [6, 6.07) is 0.898. The molecule has 2 N–H and O–H groups in total. The van der Waals surface area contributed by atoms with E-state index in [4.69, 9.17) is 5.11 Å². The van der Waals surface area contributed by atoms with Crippen LogP contribution in [0.25, 0.3) is 10.9 Å². The van der Waals surface area contributed by atoms with Crippen molar-refractivity contribution in [1.29, 1.82) is 0 Å². The summed E-state index contributed by atoms with van der Waals surface area (Å²) in [5.41, 5.74) is -0.830. The van der Waals surface area contributed by atoms with Gasteiger partial charge in [0.2, 0.25) is 0 Å². The van der Waals surface area contributed by atoms with Crippen LogP contribution in [0.3, 0.4) is 0 Å². The molecule has 0 atom stereocenters. The number of benzene rings is 1. The van der Waals surface area contributed by atoms with E-state index in [0.717, 1.165) is 12.3 Å². The molecule has 2 aromatic rings. The third-order valence-corrected chi connectivity index (χ3v) is 1.85. The molecule has 0 bridgehead atoms. The Morgan fingerprint density at radius 3 is 2.86 bits per heavy atom. The molecule has 72 valence electrons. The van der Waals surface area contributed by atoms with Gasteiger partial charge < -0.3 is 5.11 Å². The smallest absolute Gasteiger partial charge is 0.341 e. The maximum atomic E-state index is 13.3. The Kier molecular flexibility index (Phi) is 1.70. The van der Waals surface area contributed by atoms with Gasteiger partial charge in [-0.1, -0.05) is 0 Å². The zero-order chi connectivity index (χ0) is 10.3. The largest absolute Gasteiger partial charge is 0.477 e. The molecule has 0 radical (unpaired) electrons. The standard InChI is InChI=1S/C8H4F2N2O2/c9-4-1-5-3(2-11-12-5)7(10)6(4)8(13)14/h1-2H,(H,11,12)(H,13,14). The second-order valence-electron chi connectivity index (χ2n) is 2.68. The summed E-state index contributed by atoms with van der Waals surface area (Å²) >= 11 is 0. The predicted octanol–water partition coefficient (Wildman–Crippen LogP) is 1.54. The fourth-order valence-electron chi connectivity index (χ4n) is 1.22. The monoisotopic (exact) mass is 198 g/mol. The number of H-pyrrole nitrogens is 1. The highest BCUT2D eigenvalue weighted by molar-refractivity contribution is 5.94. The van der Waals surface area contributed by atoms with Crippen LogP contribution < -0.4 is 0 Å². The third kappa shape index (κ3) is 1.04. The van der Waals surface area contributed by atoms with E-state index in [2.05, 4.69) is 10.2 Å². The number of fused-ring (bicyclic) bond motifs is 1. The lowest BCUT2D eigenvalue weighted by Gasteiger charge is -1.99. The van der Waals surface area contributed by atoms with Gasteiger partial charge in [0.25, 0.3) is 0 Å². The highest BCUT2D eigenvalue weighted by atomic mass is 19.1. The predicted molar refractivity (Wildman–Crippen MR) is 43.0 cm³/mol. The molecule has 0 unspecified atom stereocenters. The molecular weight excluding hydrogens is 194 g/mol. The Morgan fingerprint density at radius 1 is 1.50 bits per heavy atom. The SMILES string of the molecule is O=C(O)c1c(F)cc2[nH]ncc2c1F. The van der Waals surface area contributed by atoms with Crippen molar-refractivity contribution in [3.63, 3.8) is 0 Å². The number of aromatic carboxylic acids is 1. The summed E-state index contributed by atoms with van der Waals surface area (Å²) in [6.45, 7) is 0. The van der Waals surface area contributed by atoms with Gasteiger partial charge in [-0.2, -0.15) is 5.10 Å². The van der Waals surface area contributed by atoms with Crippen molar-refractivity contribution in [2.24, 2.45) is 0 Å². The van der Waals surface area contributed by atoms with Gasteiger partial charge >= 0.3 is 5.97 Å². The topological polar surface area (TPSA) is 66.0 Å². The van der Waals surface area contributed by atoms with E-state index in [1.54, 1.807) is 0 Å². The summed E-state index contributed by atoms with van der Waals surface area (Å²) in [6.07, 6.45) is 1.11. The quantitative estimate of drug-likeness (QED) is 0.730. The number of carboxylic acids is 1. The summed E-state index contributed by atoms with van der Waals surface area (Å²) in [7, 11) is 0. The van der Waals surface area contributed by atoms with Crippen LogP contribution in [0, 0.1) is 11.6 Å². The van der Waals surface area contributed by atoms with Gasteiger partial charge in [0.15, 0.2) is 5.82 Å². The first-order valence-electron chi connectivity index (χ1n) is 3.65. The summed E-state index contributed by atoms with van der Waals surface area (Å²) in [4.78, 5) is 10.5. The van der Waals surface area contributed by atoms with Gasteiger partial charge in [0.05, 0.1) is 17.1 Å². The van der Waals surface area contributed by atoms with E-state index in [-0.39, 0.29) is 10.9 Å². The van der Waals surface area contributed by atoms with Crippen molar-refractivity contribution in [2.75, 3.05) is 0 Å². The molecule has 0 aliphatic heterocycles. The highest BCUT2D eigenvalue weighted by Gasteiger charge is 2.20. The van der Waals surface area contributed by atoms with Gasteiger partial charge in [-0.05, 0) is 0 Å². The molecule has 1 heterocycles. The van der Waals surface area contributed by atoms with Crippen LogP contribution in [-0.4, -0.2) is 21.3 Å². The number of carbonyl (C=O) groups is 1. The van der Waals surface area contributed by atoms with Gasteiger partial charge in [-0.15, -0.1) is 0 Å². The molecule has 0 amide bonds. The molecule has 0 aliphatic rings. The summed E-state index contributed by atoms with van der Waals surface area (Å²) < 4.78 is 26.4. The third-order valence-electron chi connectivity index (χ3n) is 1.85. The van der Waals surface area contributed by atoms with Crippen LogP contribution in [-0.2, 0) is 0 Å². The lowest BCUT2D eigenvalue weighted by atomic mass is 10.1. The molecule has 1 aromatic carbocycles. The first kappa shape index (κ1) is 8.61. The van der Waals surface area contributed by atoms with E-state index in [9.17, 15) is 13.6 Å². The second-order valence-corrected chi connectivity index (χ2v) is 2.68. The average molecular weight is 198 g/mol. The van der Waals surface area contributed by atoms with Crippen LogP contribution in [0.4, 0.5) is 8.78 Å². The van der Waals surface area contributed by atoms with Crippen molar-refractivity contribution >= 4 is 16.9 Å². The van der Waals surface area contributed by atoms with E-state index in [1.807, 2.05) is 0 Å². The number of rotatable bonds is 1. The first-order chi connectivity index (χ1) is 6.61. The minimum atomic E-state index is -1.64. The number of aromatic nitrogens is 2. The molecule has 1 aromatic heterocycles. The molecular formula is C8H4F2N2O2. The highest BCUT2D eigenvalue weighted by Crippen LogP contribution is 2.21. The number of hydrogen-bond donors (Lipinski definition) is 2. The van der Waals surface area contributed by atoms with Crippen LogP contribution >= 0.6 is 0 Å². The molecule has 6 heteroatoms. The van der Waals surface area contributed by atoms with Gasteiger partial charge in [-0.25, -0.2) is 13.6 Å². The maximum absolute atomic E-state index is 13.3. The number of aromatic amines is 1. The van der Waals surface area contributed by atoms with Crippen molar-refractivity contribution in [3.05, 3.63) is 29.5 Å². The van der Waals surface area contributed by atoms with Gasteiger partial charge in [0, 0.05) is 6.07 Å². The van der Waals surface area contributed by atoms with Crippen LogP contribution in [0.15, 0.2) is 12.3 Å². The molecule has 4 nitrogen and oxygen atoms in total. The van der Waals surface area contributed by atoms with E-state index in [1.165, 1.54) is 0 Å². The number of carboxylic acid groups (broad SMARTS) is 1. The zero-order valence-electron chi connectivity index (χ0n) is 6.71. The molecule has 0 spiro atoms. The molecule has 2 rings (SSSR count). The number of nitrogens with zero attached hydrogens (tertiary/aromatic N) is 1. The molecule has 0 aliphatic carbocycles. The fourth-order valence-corrected chi connectivity index (χ4v) is 1.22. The van der Waals surface area contributed by atoms with Crippen molar-refractivity contribution < 1.29 is 18.7 Å². The summed E-state index contributed by atoms with van der Waals surface area (Å²) in [5, 5.41) is 14.3. The Morgan fingerprint density at radius 2 is 2.21 bits per heavy atom. The Balaban J connectivity index is 2.89. The Labute approximate surface area is 76.2 Å². The van der Waals surface area contributed by atoms with Crippen LogP contribution in [0.2, 0.25) is 0 Å². The fraction of sp³-hybridized carbons (Fsp3) is 0. The van der Waals surface area contributed by atoms with Crippen molar-refractivity contribution in [2.45, 2.75) is 0 Å². The number of nitrogens with one attached hydrogen (secondary N) is 1. The first-order valence-corrected chi connectivity index (χ1v) is 3.65. The van der Waals surface area contributed by atoms with Crippen molar-refractivity contribution in [1.82, 2.24) is 10.2 Å². The van der Waals surface area contributed by atoms with Crippen LogP contribution in [0.5, 0.6) is 0 Å². The average Bonchev–Trinajstić information content (AvgIpc) is 2.50. The zero-order valence-corrected chi connectivity index (χ0v) is 6.71. The lowest BCUT2D eigenvalue weighted by molar-refractivity contribution is 0.0687. The van der Waals surface area contributed by atoms with Gasteiger partial charge in [-0.3, -0.25) is 5.10 Å². The van der Waals surface area contributed by atoms with E-state index < -0.39 is 23.2 Å². The van der Waals surface area contributed by atoms with E-state index in [0.29, 0.717) is 0 Å². The number of halogens is 2. The minimum Gasteiger partial charge on any atom is -0.477 e. The summed E-state index contributed by atoms with van der Waals surface area (Å²) in [5.74, 6) is -3.86. The molecule has 14 heavy (non-hydrogen) atoms. The van der Waals surface area contributed by atoms with E-state index >= 15 is 0 Å². The molecule has 0 saturated carbocycles. The van der Waals surface area contributed by atoms with Crippen LogP contribution in [0.1, 0.15) is 10.4 Å². The Hall–Kier alpha value is -1.98. The molecule has 0 saturated heterocycles. The Bertz CT molecular complexity index is 521. The van der Waals surface area contributed by atoms with Crippen molar-refractivity contribution in [3.8, 4) is 0 Å². The maximum Gasteiger partial charge on any atom is 0.341 e. The number of hydrogen-bond acceptors (Lipinski definition) is 2.